The lowest BCUT2D eigenvalue weighted by Gasteiger charge is -2.10. The third-order valence-electron chi connectivity index (χ3n) is 5.72. The molecule has 0 saturated heterocycles. The topological polar surface area (TPSA) is 76.4 Å². The number of nitriles is 1. The van der Waals surface area contributed by atoms with Crippen LogP contribution in [0.15, 0.2) is 60.7 Å². The molecule has 5 nitrogen and oxygen atoms in total. The Morgan fingerprint density at radius 2 is 1.05 bits per heavy atom. The molecule has 0 radical (unpaired) electrons. The van der Waals surface area contributed by atoms with Crippen LogP contribution in [-0.2, 0) is 6.42 Å². The molecule has 0 unspecified atom stereocenters. The van der Waals surface area contributed by atoms with Crippen molar-refractivity contribution in [3.8, 4) is 17.6 Å². The lowest BCUT2D eigenvalue weighted by Crippen LogP contribution is -2.12. The van der Waals surface area contributed by atoms with Crippen LogP contribution in [0.1, 0.15) is 43.0 Å². The van der Waals surface area contributed by atoms with Gasteiger partial charge in [0.1, 0.15) is 58.0 Å². The fraction of sp³-hybridized carbons (Fsp3) is 0.0690. The number of carbonyl (C=O) groups excluding carboxylic acids is 2. The number of carbonyl (C=O) groups is 2. The van der Waals surface area contributed by atoms with Crippen molar-refractivity contribution in [3.63, 3.8) is 0 Å². The molecule has 0 fully saturated rings. The molecule has 11 heteroatoms. The van der Waals surface area contributed by atoms with E-state index in [0.29, 0.717) is 23.3 Å². The minimum atomic E-state index is -1.26. The summed E-state index contributed by atoms with van der Waals surface area (Å²) >= 11 is 0. The fourth-order valence-electron chi connectivity index (χ4n) is 3.62. The zero-order chi connectivity index (χ0) is 29.1. The number of benzene rings is 4. The molecular formula is C29H15F6NO4. The molecule has 0 aliphatic rings. The highest BCUT2D eigenvalue weighted by molar-refractivity contribution is 5.92. The molecule has 4 aromatic rings. The minimum absolute atomic E-state index is 0.0288. The van der Waals surface area contributed by atoms with Crippen LogP contribution in [0.25, 0.3) is 0 Å². The lowest BCUT2D eigenvalue weighted by atomic mass is 10.0. The van der Waals surface area contributed by atoms with Crippen LogP contribution in [0.2, 0.25) is 0 Å². The Bertz CT molecular complexity index is 1670. The number of hydrogen-bond acceptors (Lipinski definition) is 5. The summed E-state index contributed by atoms with van der Waals surface area (Å²) in [5.41, 5.74) is -1.60. The zero-order valence-corrected chi connectivity index (χ0v) is 20.3. The van der Waals surface area contributed by atoms with Gasteiger partial charge in [-0.05, 0) is 48.7 Å². The molecule has 0 saturated carbocycles. The first-order chi connectivity index (χ1) is 19.0. The predicted octanol–water partition coefficient (Wildman–Crippen LogP) is 6.73. The van der Waals surface area contributed by atoms with Crippen molar-refractivity contribution in [2.75, 3.05) is 0 Å². The number of halogens is 6. The van der Waals surface area contributed by atoms with Gasteiger partial charge in [0.15, 0.2) is 0 Å². The Hall–Kier alpha value is -5.11. The molecule has 4 aromatic carbocycles. The zero-order valence-electron chi connectivity index (χ0n) is 20.3. The second-order valence-electron chi connectivity index (χ2n) is 8.47. The third-order valence-corrected chi connectivity index (χ3v) is 5.72. The quantitative estimate of drug-likeness (QED) is 0.150. The maximum absolute atomic E-state index is 14.6. The van der Waals surface area contributed by atoms with Gasteiger partial charge in [-0.2, -0.15) is 5.26 Å². The second kappa shape index (κ2) is 11.3. The van der Waals surface area contributed by atoms with Gasteiger partial charge in [-0.3, -0.25) is 0 Å². The van der Waals surface area contributed by atoms with Crippen molar-refractivity contribution in [1.29, 1.82) is 5.26 Å². The Morgan fingerprint density at radius 1 is 0.650 bits per heavy atom. The van der Waals surface area contributed by atoms with Gasteiger partial charge in [0.2, 0.25) is 0 Å². The summed E-state index contributed by atoms with van der Waals surface area (Å²) in [7, 11) is 0. The van der Waals surface area contributed by atoms with Gasteiger partial charge in [-0.1, -0.05) is 12.1 Å². The number of hydrogen-bond donors (Lipinski definition) is 0. The number of rotatable bonds is 6. The summed E-state index contributed by atoms with van der Waals surface area (Å²) < 4.78 is 93.8. The SMILES string of the molecule is Cc1c(F)cc(OC(=O)c2ccc(Cc3ccc(C(=O)Oc4cc(F)c(C#N)c(F)c4)c(F)c3)cc2F)cc1F. The number of ether oxygens (including phenoxy) is 2. The summed E-state index contributed by atoms with van der Waals surface area (Å²) in [5.74, 6) is -9.90. The molecule has 0 bridgehead atoms. The van der Waals surface area contributed by atoms with E-state index in [2.05, 4.69) is 0 Å². The van der Waals surface area contributed by atoms with Crippen molar-refractivity contribution < 1.29 is 45.4 Å². The van der Waals surface area contributed by atoms with E-state index >= 15 is 0 Å². The van der Waals surface area contributed by atoms with Gasteiger partial charge >= 0.3 is 11.9 Å². The minimum Gasteiger partial charge on any atom is -0.423 e. The van der Waals surface area contributed by atoms with Gasteiger partial charge in [0.05, 0.1) is 11.1 Å². The van der Waals surface area contributed by atoms with Crippen LogP contribution >= 0.6 is 0 Å². The maximum atomic E-state index is 14.6. The third kappa shape index (κ3) is 5.96. The van der Waals surface area contributed by atoms with Crippen LogP contribution in [0.4, 0.5) is 26.3 Å². The maximum Gasteiger partial charge on any atom is 0.346 e. The smallest absolute Gasteiger partial charge is 0.346 e. The molecule has 0 N–H and O–H groups in total. The highest BCUT2D eigenvalue weighted by Crippen LogP contribution is 2.24. The van der Waals surface area contributed by atoms with E-state index in [4.69, 9.17) is 14.7 Å². The highest BCUT2D eigenvalue weighted by atomic mass is 19.2. The van der Waals surface area contributed by atoms with E-state index in [1.165, 1.54) is 25.1 Å². The van der Waals surface area contributed by atoms with Gasteiger partial charge in [-0.25, -0.2) is 35.9 Å². The molecular weight excluding hydrogens is 540 g/mol. The van der Waals surface area contributed by atoms with Crippen molar-refractivity contribution in [1.82, 2.24) is 0 Å². The average molecular weight is 555 g/mol. The van der Waals surface area contributed by atoms with Gasteiger partial charge in [-0.15, -0.1) is 0 Å². The van der Waals surface area contributed by atoms with Crippen molar-refractivity contribution in [3.05, 3.63) is 129 Å². The summed E-state index contributed by atoms with van der Waals surface area (Å²) in [6.45, 7) is 1.20. The van der Waals surface area contributed by atoms with Gasteiger partial charge < -0.3 is 9.47 Å². The molecule has 0 atom stereocenters. The highest BCUT2D eigenvalue weighted by Gasteiger charge is 2.20. The summed E-state index contributed by atoms with van der Waals surface area (Å²) in [6.07, 6.45) is -0.0288. The molecule has 40 heavy (non-hydrogen) atoms. The molecule has 0 aliphatic heterocycles. The van der Waals surface area contributed by atoms with E-state index in [0.717, 1.165) is 36.4 Å². The Kier molecular flexibility index (Phi) is 7.90. The first kappa shape index (κ1) is 27.9. The summed E-state index contributed by atoms with van der Waals surface area (Å²) in [4.78, 5) is 24.6. The van der Waals surface area contributed by atoms with Crippen LogP contribution in [-0.4, -0.2) is 11.9 Å². The average Bonchev–Trinajstić information content (AvgIpc) is 2.87. The lowest BCUT2D eigenvalue weighted by molar-refractivity contribution is 0.0719. The fourth-order valence-corrected chi connectivity index (χ4v) is 3.62. The monoisotopic (exact) mass is 555 g/mol. The first-order valence-corrected chi connectivity index (χ1v) is 11.3. The number of esters is 2. The first-order valence-electron chi connectivity index (χ1n) is 11.3. The van der Waals surface area contributed by atoms with Crippen LogP contribution in [0.3, 0.4) is 0 Å². The molecule has 202 valence electrons. The standard InChI is InChI=1S/C29H15F6NO4/c1-14-22(30)9-17(10-23(14)31)39-28(37)19-4-2-15(7-24(19)32)6-16-3-5-20(25(33)8-16)29(38)40-18-11-26(34)21(13-36)27(35)12-18/h2-5,7-12H,6H2,1H3. The van der Waals surface area contributed by atoms with Crippen LogP contribution < -0.4 is 9.47 Å². The predicted molar refractivity (Wildman–Crippen MR) is 128 cm³/mol. The van der Waals surface area contributed by atoms with E-state index in [1.54, 1.807) is 0 Å². The Morgan fingerprint density at radius 3 is 1.43 bits per heavy atom. The molecule has 0 heterocycles. The Labute approximate surface area is 222 Å². The molecule has 0 aromatic heterocycles. The van der Waals surface area contributed by atoms with E-state index in [-0.39, 0.29) is 12.0 Å². The van der Waals surface area contributed by atoms with E-state index in [9.17, 15) is 35.9 Å². The number of nitrogens with zero attached hydrogens (tertiary/aromatic N) is 1. The molecule has 0 spiro atoms. The summed E-state index contributed by atoms with van der Waals surface area (Å²) in [5, 5.41) is 8.70. The molecule has 0 amide bonds. The van der Waals surface area contributed by atoms with Crippen molar-refractivity contribution in [2.24, 2.45) is 0 Å². The molecule has 4 rings (SSSR count). The van der Waals surface area contributed by atoms with Crippen LogP contribution in [0.5, 0.6) is 11.5 Å². The van der Waals surface area contributed by atoms with Crippen molar-refractivity contribution in [2.45, 2.75) is 13.3 Å². The van der Waals surface area contributed by atoms with Crippen LogP contribution in [0, 0.1) is 53.2 Å². The van der Waals surface area contributed by atoms with E-state index in [1.807, 2.05) is 0 Å². The van der Waals surface area contributed by atoms with Gasteiger partial charge in [0.25, 0.3) is 0 Å². The van der Waals surface area contributed by atoms with E-state index < -0.39 is 75.0 Å². The Balaban J connectivity index is 1.45. The molecule has 0 aliphatic carbocycles. The second-order valence-corrected chi connectivity index (χ2v) is 8.47. The normalized spacial score (nSPS) is 10.7. The largest absolute Gasteiger partial charge is 0.423 e. The van der Waals surface area contributed by atoms with Gasteiger partial charge in [0, 0.05) is 29.8 Å². The summed E-state index contributed by atoms with van der Waals surface area (Å²) in [6, 6.07) is 10.9. The van der Waals surface area contributed by atoms with Crippen molar-refractivity contribution >= 4 is 11.9 Å².